The highest BCUT2D eigenvalue weighted by Crippen LogP contribution is 2.26. The SMILES string of the molecule is CCCCCCCCCCCCOc1ccc(C(=O)Oc2ccc(N=Nc3ccc(F)cc3)cc2C)cc1. The summed E-state index contributed by atoms with van der Waals surface area (Å²) in [6.45, 7) is 4.77. The van der Waals surface area contributed by atoms with Gasteiger partial charge in [-0.1, -0.05) is 64.7 Å². The molecule has 0 aliphatic carbocycles. The van der Waals surface area contributed by atoms with Gasteiger partial charge in [0.15, 0.2) is 0 Å². The van der Waals surface area contributed by atoms with Crippen LogP contribution in [0.4, 0.5) is 15.8 Å². The maximum atomic E-state index is 13.0. The number of rotatable bonds is 16. The Morgan fingerprint density at radius 1 is 0.737 bits per heavy atom. The Morgan fingerprint density at radius 2 is 1.32 bits per heavy atom. The van der Waals surface area contributed by atoms with Crippen LogP contribution in [0.3, 0.4) is 0 Å². The lowest BCUT2D eigenvalue weighted by molar-refractivity contribution is 0.0733. The number of esters is 1. The first-order valence-electron chi connectivity index (χ1n) is 13.8. The molecule has 0 N–H and O–H groups in total. The van der Waals surface area contributed by atoms with Gasteiger partial charge in [-0.3, -0.25) is 0 Å². The third kappa shape index (κ3) is 10.4. The largest absolute Gasteiger partial charge is 0.494 e. The highest BCUT2D eigenvalue weighted by molar-refractivity contribution is 5.91. The van der Waals surface area contributed by atoms with Crippen molar-refractivity contribution >= 4 is 17.3 Å². The van der Waals surface area contributed by atoms with Gasteiger partial charge in [0.05, 0.1) is 23.5 Å². The number of unbranched alkanes of at least 4 members (excludes halogenated alkanes) is 9. The Bertz CT molecular complexity index is 1140. The van der Waals surface area contributed by atoms with Crippen molar-refractivity contribution in [3.05, 3.63) is 83.7 Å². The summed E-state index contributed by atoms with van der Waals surface area (Å²) < 4.78 is 24.4. The standard InChI is InChI=1S/C32H39FN2O3/c1-3-4-5-6-7-8-9-10-11-12-23-37-30-20-13-26(14-21-30)32(36)38-31-22-19-29(24-25(31)2)35-34-28-17-15-27(33)16-18-28/h13-22,24H,3-12,23H2,1-2H3. The molecule has 3 aromatic carbocycles. The van der Waals surface area contributed by atoms with Crippen molar-refractivity contribution in [1.29, 1.82) is 0 Å². The fraction of sp³-hybridized carbons (Fsp3) is 0.406. The van der Waals surface area contributed by atoms with Crippen molar-refractivity contribution in [3.8, 4) is 11.5 Å². The molecule has 0 heterocycles. The summed E-state index contributed by atoms with van der Waals surface area (Å²) in [7, 11) is 0. The van der Waals surface area contributed by atoms with E-state index in [1.165, 1.54) is 69.9 Å². The average Bonchev–Trinajstić information content (AvgIpc) is 2.93. The van der Waals surface area contributed by atoms with Crippen molar-refractivity contribution < 1.29 is 18.7 Å². The molecular formula is C32H39FN2O3. The third-order valence-corrected chi connectivity index (χ3v) is 6.33. The van der Waals surface area contributed by atoms with E-state index in [2.05, 4.69) is 17.2 Å². The summed E-state index contributed by atoms with van der Waals surface area (Å²) in [5.74, 6) is 0.453. The summed E-state index contributed by atoms with van der Waals surface area (Å²) in [6, 6.07) is 18.0. The minimum atomic E-state index is -0.435. The zero-order valence-electron chi connectivity index (χ0n) is 22.6. The molecule has 0 amide bonds. The van der Waals surface area contributed by atoms with Crippen LogP contribution in [-0.2, 0) is 0 Å². The maximum absolute atomic E-state index is 13.0. The summed E-state index contributed by atoms with van der Waals surface area (Å²) in [4.78, 5) is 12.6. The molecule has 0 fully saturated rings. The van der Waals surface area contributed by atoms with E-state index in [0.717, 1.165) is 17.7 Å². The van der Waals surface area contributed by atoms with Crippen LogP contribution in [0, 0.1) is 12.7 Å². The maximum Gasteiger partial charge on any atom is 0.343 e. The van der Waals surface area contributed by atoms with Gasteiger partial charge in [0.2, 0.25) is 0 Å². The molecule has 0 atom stereocenters. The zero-order chi connectivity index (χ0) is 27.0. The Balaban J connectivity index is 1.37. The van der Waals surface area contributed by atoms with E-state index in [4.69, 9.17) is 9.47 Å². The fourth-order valence-corrected chi connectivity index (χ4v) is 4.06. The van der Waals surface area contributed by atoms with Crippen LogP contribution in [-0.4, -0.2) is 12.6 Å². The van der Waals surface area contributed by atoms with Crippen LogP contribution in [0.2, 0.25) is 0 Å². The molecule has 6 heteroatoms. The molecule has 0 saturated carbocycles. The van der Waals surface area contributed by atoms with Gasteiger partial charge in [-0.25, -0.2) is 9.18 Å². The molecule has 0 bridgehead atoms. The van der Waals surface area contributed by atoms with Crippen molar-refractivity contribution in [2.45, 2.75) is 78.1 Å². The Labute approximate surface area is 226 Å². The lowest BCUT2D eigenvalue weighted by atomic mass is 10.1. The van der Waals surface area contributed by atoms with E-state index in [-0.39, 0.29) is 5.82 Å². The van der Waals surface area contributed by atoms with Crippen molar-refractivity contribution in [2.24, 2.45) is 10.2 Å². The molecule has 0 aromatic heterocycles. The number of aryl methyl sites for hydroxylation is 1. The summed E-state index contributed by atoms with van der Waals surface area (Å²) in [5.41, 5.74) is 2.37. The number of nitrogens with zero attached hydrogens (tertiary/aromatic N) is 2. The van der Waals surface area contributed by atoms with Crippen LogP contribution in [0.1, 0.15) is 87.1 Å². The normalized spacial score (nSPS) is 11.1. The number of carbonyl (C=O) groups excluding carboxylic acids is 1. The van der Waals surface area contributed by atoms with Gasteiger partial charge in [0, 0.05) is 0 Å². The number of benzene rings is 3. The monoisotopic (exact) mass is 518 g/mol. The smallest absolute Gasteiger partial charge is 0.343 e. The fourth-order valence-electron chi connectivity index (χ4n) is 4.06. The van der Waals surface area contributed by atoms with Crippen LogP contribution < -0.4 is 9.47 Å². The molecule has 0 aliphatic rings. The van der Waals surface area contributed by atoms with Gasteiger partial charge < -0.3 is 9.47 Å². The Hall–Kier alpha value is -3.54. The van der Waals surface area contributed by atoms with E-state index >= 15 is 0 Å². The van der Waals surface area contributed by atoms with Crippen molar-refractivity contribution in [1.82, 2.24) is 0 Å². The van der Waals surface area contributed by atoms with Crippen molar-refractivity contribution in [2.75, 3.05) is 6.61 Å². The minimum Gasteiger partial charge on any atom is -0.494 e. The first-order valence-corrected chi connectivity index (χ1v) is 13.8. The predicted octanol–water partition coefficient (Wildman–Crippen LogP) is 10.1. The zero-order valence-corrected chi connectivity index (χ0v) is 22.6. The molecular weight excluding hydrogens is 479 g/mol. The van der Waals surface area contributed by atoms with Gasteiger partial charge in [0.1, 0.15) is 17.3 Å². The van der Waals surface area contributed by atoms with E-state index in [9.17, 15) is 9.18 Å². The van der Waals surface area contributed by atoms with E-state index in [0.29, 0.717) is 29.3 Å². The van der Waals surface area contributed by atoms with Crippen LogP contribution in [0.25, 0.3) is 0 Å². The lowest BCUT2D eigenvalue weighted by Gasteiger charge is -2.09. The van der Waals surface area contributed by atoms with Gasteiger partial charge in [-0.15, -0.1) is 0 Å². The molecule has 0 saturated heterocycles. The molecule has 3 rings (SSSR count). The molecule has 0 aliphatic heterocycles. The lowest BCUT2D eigenvalue weighted by Crippen LogP contribution is -2.09. The van der Waals surface area contributed by atoms with E-state index < -0.39 is 5.97 Å². The Morgan fingerprint density at radius 3 is 1.95 bits per heavy atom. The van der Waals surface area contributed by atoms with Crippen LogP contribution in [0.5, 0.6) is 11.5 Å². The Kier molecular flexibility index (Phi) is 12.5. The topological polar surface area (TPSA) is 60.2 Å². The third-order valence-electron chi connectivity index (χ3n) is 6.33. The van der Waals surface area contributed by atoms with Gasteiger partial charge in [0.25, 0.3) is 0 Å². The number of hydrogen-bond acceptors (Lipinski definition) is 5. The van der Waals surface area contributed by atoms with Gasteiger partial charge >= 0.3 is 5.97 Å². The number of ether oxygens (including phenoxy) is 2. The van der Waals surface area contributed by atoms with E-state index in [1.807, 2.05) is 6.92 Å². The molecule has 38 heavy (non-hydrogen) atoms. The van der Waals surface area contributed by atoms with Crippen LogP contribution >= 0.6 is 0 Å². The van der Waals surface area contributed by atoms with Crippen molar-refractivity contribution in [3.63, 3.8) is 0 Å². The first kappa shape index (κ1) is 29.0. The molecule has 202 valence electrons. The quantitative estimate of drug-likeness (QED) is 0.0820. The van der Waals surface area contributed by atoms with Gasteiger partial charge in [-0.05, 0) is 85.6 Å². The molecule has 0 unspecified atom stereocenters. The highest BCUT2D eigenvalue weighted by Gasteiger charge is 2.11. The molecule has 0 radical (unpaired) electrons. The molecule has 0 spiro atoms. The predicted molar refractivity (Wildman–Crippen MR) is 150 cm³/mol. The molecule has 3 aromatic rings. The van der Waals surface area contributed by atoms with Crippen LogP contribution in [0.15, 0.2) is 77.0 Å². The van der Waals surface area contributed by atoms with E-state index in [1.54, 1.807) is 54.6 Å². The first-order chi connectivity index (χ1) is 18.5. The summed E-state index contributed by atoms with van der Waals surface area (Å²) in [5, 5.41) is 8.26. The minimum absolute atomic E-state index is 0.322. The number of halogens is 1. The van der Waals surface area contributed by atoms with Gasteiger partial charge in [-0.2, -0.15) is 10.2 Å². The second-order valence-electron chi connectivity index (χ2n) is 9.57. The number of azo groups is 1. The summed E-state index contributed by atoms with van der Waals surface area (Å²) in [6.07, 6.45) is 12.9. The second kappa shape index (κ2) is 16.3. The molecule has 5 nitrogen and oxygen atoms in total. The second-order valence-corrected chi connectivity index (χ2v) is 9.57. The number of hydrogen-bond donors (Lipinski definition) is 0. The average molecular weight is 519 g/mol. The highest BCUT2D eigenvalue weighted by atomic mass is 19.1. The summed E-state index contributed by atoms with van der Waals surface area (Å²) >= 11 is 0. The number of carbonyl (C=O) groups is 1.